The zero-order valence-electron chi connectivity index (χ0n) is 10.9. The molecule has 2 nitrogen and oxygen atoms in total. The molecule has 0 aromatic rings. The number of hydrogen-bond acceptors (Lipinski definition) is 2. The van der Waals surface area contributed by atoms with E-state index in [2.05, 4.69) is 26.1 Å². The van der Waals surface area contributed by atoms with Crippen LogP contribution in [0.15, 0.2) is 0 Å². The number of nitrogens with one attached hydrogen (secondary N) is 1. The summed E-state index contributed by atoms with van der Waals surface area (Å²) in [5, 5.41) is 3.57. The molecule has 3 unspecified atom stereocenters. The minimum atomic E-state index is -0.0640. The van der Waals surface area contributed by atoms with Gasteiger partial charge >= 0.3 is 0 Å². The quantitative estimate of drug-likeness (QED) is 0.780. The Morgan fingerprint density at radius 2 is 2.12 bits per heavy atom. The zero-order chi connectivity index (χ0) is 11.8. The molecule has 2 heteroatoms. The van der Waals surface area contributed by atoms with Crippen molar-refractivity contribution in [3.8, 4) is 0 Å². The van der Waals surface area contributed by atoms with E-state index >= 15 is 0 Å². The Kier molecular flexibility index (Phi) is 3.39. The summed E-state index contributed by atoms with van der Waals surface area (Å²) < 4.78 is 0. The van der Waals surface area contributed by atoms with E-state index in [0.29, 0.717) is 17.7 Å². The molecular formula is C14H25NO. The summed E-state index contributed by atoms with van der Waals surface area (Å²) in [6.45, 7) is 7.59. The highest BCUT2D eigenvalue weighted by atomic mass is 16.1. The van der Waals surface area contributed by atoms with Gasteiger partial charge < -0.3 is 5.32 Å². The van der Waals surface area contributed by atoms with E-state index in [-0.39, 0.29) is 5.41 Å². The summed E-state index contributed by atoms with van der Waals surface area (Å²) in [4.78, 5) is 12.3. The van der Waals surface area contributed by atoms with Gasteiger partial charge in [-0.2, -0.15) is 0 Å². The van der Waals surface area contributed by atoms with E-state index in [1.165, 1.54) is 19.3 Å². The molecule has 1 heterocycles. The Hall–Kier alpha value is -0.370. The standard InChI is InChI=1S/C14H25NO/c1-4-10-6-8-15-12(9-10)11-5-7-14(2,3)13(11)16/h10-12,15H,4-9H2,1-3H3. The van der Waals surface area contributed by atoms with Crippen molar-refractivity contribution in [2.24, 2.45) is 17.3 Å². The zero-order valence-corrected chi connectivity index (χ0v) is 10.9. The fourth-order valence-corrected chi connectivity index (χ4v) is 3.37. The molecule has 0 amide bonds. The molecule has 92 valence electrons. The van der Waals surface area contributed by atoms with Gasteiger partial charge in [-0.3, -0.25) is 4.79 Å². The third kappa shape index (κ3) is 2.17. The smallest absolute Gasteiger partial charge is 0.143 e. The average Bonchev–Trinajstić information content (AvgIpc) is 2.55. The van der Waals surface area contributed by atoms with E-state index in [9.17, 15) is 4.79 Å². The highest BCUT2D eigenvalue weighted by molar-refractivity contribution is 5.88. The normalized spacial score (nSPS) is 38.9. The van der Waals surface area contributed by atoms with E-state index in [4.69, 9.17) is 0 Å². The van der Waals surface area contributed by atoms with Crippen LogP contribution in [-0.2, 0) is 4.79 Å². The van der Waals surface area contributed by atoms with Crippen molar-refractivity contribution in [1.29, 1.82) is 0 Å². The first-order chi connectivity index (χ1) is 7.54. The molecule has 1 aliphatic carbocycles. The van der Waals surface area contributed by atoms with Gasteiger partial charge in [-0.1, -0.05) is 27.2 Å². The molecule has 2 aliphatic rings. The fraction of sp³-hybridized carbons (Fsp3) is 0.929. The summed E-state index contributed by atoms with van der Waals surface area (Å²) in [6, 6.07) is 0.466. The lowest BCUT2D eigenvalue weighted by Crippen LogP contribution is -2.45. The van der Waals surface area contributed by atoms with Crippen LogP contribution in [0.3, 0.4) is 0 Å². The molecule has 1 N–H and O–H groups in total. The van der Waals surface area contributed by atoms with Gasteiger partial charge in [-0.15, -0.1) is 0 Å². The van der Waals surface area contributed by atoms with Gasteiger partial charge in [0.2, 0.25) is 0 Å². The molecule has 0 aromatic heterocycles. The molecule has 2 fully saturated rings. The third-order valence-corrected chi connectivity index (χ3v) is 4.69. The minimum absolute atomic E-state index is 0.0640. The van der Waals surface area contributed by atoms with Crippen LogP contribution in [-0.4, -0.2) is 18.4 Å². The monoisotopic (exact) mass is 223 g/mol. The van der Waals surface area contributed by atoms with Crippen molar-refractivity contribution in [3.05, 3.63) is 0 Å². The van der Waals surface area contributed by atoms with Crippen LogP contribution in [0, 0.1) is 17.3 Å². The minimum Gasteiger partial charge on any atom is -0.313 e. The summed E-state index contributed by atoms with van der Waals surface area (Å²) in [7, 11) is 0. The summed E-state index contributed by atoms with van der Waals surface area (Å²) in [5.74, 6) is 1.63. The molecule has 0 bridgehead atoms. The van der Waals surface area contributed by atoms with Crippen LogP contribution in [0.25, 0.3) is 0 Å². The molecule has 0 spiro atoms. The second kappa shape index (κ2) is 4.48. The number of carbonyl (C=O) groups excluding carboxylic acids is 1. The molecule has 1 saturated carbocycles. The molecule has 1 saturated heterocycles. The molecule has 3 atom stereocenters. The number of hydrogen-bond donors (Lipinski definition) is 1. The van der Waals surface area contributed by atoms with Gasteiger partial charge in [0.05, 0.1) is 0 Å². The number of carbonyl (C=O) groups is 1. The maximum atomic E-state index is 12.3. The lowest BCUT2D eigenvalue weighted by Gasteiger charge is -2.33. The molecule has 16 heavy (non-hydrogen) atoms. The predicted molar refractivity (Wildman–Crippen MR) is 66.3 cm³/mol. The van der Waals surface area contributed by atoms with Crippen molar-refractivity contribution >= 4 is 5.78 Å². The van der Waals surface area contributed by atoms with Crippen LogP contribution in [0.1, 0.15) is 52.9 Å². The first kappa shape index (κ1) is 12.1. The summed E-state index contributed by atoms with van der Waals surface area (Å²) >= 11 is 0. The third-order valence-electron chi connectivity index (χ3n) is 4.69. The largest absolute Gasteiger partial charge is 0.313 e. The van der Waals surface area contributed by atoms with Crippen molar-refractivity contribution in [1.82, 2.24) is 5.32 Å². The van der Waals surface area contributed by atoms with Crippen molar-refractivity contribution in [2.75, 3.05) is 6.54 Å². The highest BCUT2D eigenvalue weighted by Crippen LogP contribution is 2.41. The van der Waals surface area contributed by atoms with Crippen LogP contribution < -0.4 is 5.32 Å². The van der Waals surface area contributed by atoms with Gasteiger partial charge in [0.15, 0.2) is 0 Å². The van der Waals surface area contributed by atoms with E-state index in [1.54, 1.807) is 0 Å². The maximum absolute atomic E-state index is 12.3. The van der Waals surface area contributed by atoms with Crippen molar-refractivity contribution < 1.29 is 4.79 Å². The van der Waals surface area contributed by atoms with Gasteiger partial charge in [0.1, 0.15) is 5.78 Å². The van der Waals surface area contributed by atoms with Crippen LogP contribution in [0.2, 0.25) is 0 Å². The Labute approximate surface area is 99.2 Å². The van der Waals surface area contributed by atoms with Crippen LogP contribution >= 0.6 is 0 Å². The number of Topliss-reactive ketones (excluding diaryl/α,β-unsaturated/α-hetero) is 1. The molecular weight excluding hydrogens is 198 g/mol. The van der Waals surface area contributed by atoms with E-state index < -0.39 is 0 Å². The Morgan fingerprint density at radius 1 is 1.38 bits per heavy atom. The Morgan fingerprint density at radius 3 is 2.69 bits per heavy atom. The number of rotatable bonds is 2. The molecule has 1 aliphatic heterocycles. The van der Waals surface area contributed by atoms with Crippen molar-refractivity contribution in [3.63, 3.8) is 0 Å². The summed E-state index contributed by atoms with van der Waals surface area (Å²) in [5.41, 5.74) is -0.0640. The second-order valence-electron chi connectivity index (χ2n) is 6.25. The van der Waals surface area contributed by atoms with Gasteiger partial charge in [-0.25, -0.2) is 0 Å². The van der Waals surface area contributed by atoms with Crippen LogP contribution in [0.4, 0.5) is 0 Å². The maximum Gasteiger partial charge on any atom is 0.143 e. The molecule has 0 radical (unpaired) electrons. The number of ketones is 1. The van der Waals surface area contributed by atoms with E-state index in [1.807, 2.05) is 0 Å². The second-order valence-corrected chi connectivity index (χ2v) is 6.25. The fourth-order valence-electron chi connectivity index (χ4n) is 3.37. The topological polar surface area (TPSA) is 29.1 Å². The SMILES string of the molecule is CCC1CCNC(C2CCC(C)(C)C2=O)C1. The Balaban J connectivity index is 2.00. The number of piperidine rings is 1. The van der Waals surface area contributed by atoms with E-state index in [0.717, 1.165) is 25.3 Å². The first-order valence-corrected chi connectivity index (χ1v) is 6.82. The van der Waals surface area contributed by atoms with Crippen molar-refractivity contribution in [2.45, 2.75) is 58.9 Å². The highest BCUT2D eigenvalue weighted by Gasteiger charge is 2.44. The van der Waals surface area contributed by atoms with Crippen LogP contribution in [0.5, 0.6) is 0 Å². The predicted octanol–water partition coefficient (Wildman–Crippen LogP) is 2.77. The lowest BCUT2D eigenvalue weighted by atomic mass is 9.81. The lowest BCUT2D eigenvalue weighted by molar-refractivity contribution is -0.128. The molecule has 0 aromatic carbocycles. The Bertz CT molecular complexity index is 272. The first-order valence-electron chi connectivity index (χ1n) is 6.82. The van der Waals surface area contributed by atoms with Gasteiger partial charge in [-0.05, 0) is 38.1 Å². The average molecular weight is 223 g/mol. The summed E-state index contributed by atoms with van der Waals surface area (Å²) in [6.07, 6.45) is 5.94. The van der Waals surface area contributed by atoms with Gasteiger partial charge in [0.25, 0.3) is 0 Å². The van der Waals surface area contributed by atoms with Gasteiger partial charge in [0, 0.05) is 17.4 Å². The molecule has 2 rings (SSSR count).